The topological polar surface area (TPSA) is 90.6 Å². The van der Waals surface area contributed by atoms with E-state index >= 15 is 0 Å². The first-order valence-electron chi connectivity index (χ1n) is 9.98. The van der Waals surface area contributed by atoms with Crippen molar-refractivity contribution in [2.45, 2.75) is 6.18 Å². The van der Waals surface area contributed by atoms with Gasteiger partial charge in [0.15, 0.2) is 18.1 Å². The first kappa shape index (κ1) is 23.0. The minimum Gasteiger partial charge on any atom is -0.483 e. The van der Waals surface area contributed by atoms with E-state index in [0.717, 1.165) is 12.1 Å². The van der Waals surface area contributed by atoms with E-state index in [4.69, 9.17) is 9.47 Å². The van der Waals surface area contributed by atoms with Crippen LogP contribution >= 0.6 is 0 Å². The summed E-state index contributed by atoms with van der Waals surface area (Å²) in [5.74, 6) is -0.803. The number of carbonyl (C=O) groups excluding carboxylic acids is 1. The van der Waals surface area contributed by atoms with E-state index in [9.17, 15) is 22.4 Å². The molecule has 0 radical (unpaired) electrons. The number of ether oxygens (including phenoxy) is 2. The largest absolute Gasteiger partial charge is 0.483 e. The van der Waals surface area contributed by atoms with Crippen LogP contribution in [0.3, 0.4) is 0 Å². The van der Waals surface area contributed by atoms with Gasteiger partial charge in [0.1, 0.15) is 18.2 Å². The van der Waals surface area contributed by atoms with Crippen molar-refractivity contribution in [3.05, 3.63) is 72.0 Å². The van der Waals surface area contributed by atoms with Crippen LogP contribution in [-0.4, -0.2) is 45.5 Å². The number of aromatic nitrogens is 4. The summed E-state index contributed by atoms with van der Waals surface area (Å²) >= 11 is 0. The lowest BCUT2D eigenvalue weighted by atomic mass is 10.2. The smallest absolute Gasteiger partial charge is 0.419 e. The number of para-hydroxylation sites is 1. The first-order chi connectivity index (χ1) is 16.3. The maximum atomic E-state index is 13.2. The van der Waals surface area contributed by atoms with Gasteiger partial charge in [-0.1, -0.05) is 12.1 Å². The Labute approximate surface area is 190 Å². The molecule has 4 rings (SSSR count). The van der Waals surface area contributed by atoms with Crippen molar-refractivity contribution in [2.75, 3.05) is 19.8 Å². The van der Waals surface area contributed by atoms with Gasteiger partial charge in [-0.2, -0.15) is 17.7 Å². The van der Waals surface area contributed by atoms with E-state index < -0.39 is 30.0 Å². The van der Waals surface area contributed by atoms with Crippen LogP contribution in [-0.2, 0) is 11.0 Å². The average molecular weight is 475 g/mol. The third kappa shape index (κ3) is 5.39. The van der Waals surface area contributed by atoms with Gasteiger partial charge in [-0.15, -0.1) is 15.3 Å². The quantitative estimate of drug-likeness (QED) is 0.310. The summed E-state index contributed by atoms with van der Waals surface area (Å²) < 4.78 is 64.1. The number of fused-ring (bicyclic) bond motifs is 1. The molecule has 0 unspecified atom stereocenters. The van der Waals surface area contributed by atoms with Crippen molar-refractivity contribution in [3.63, 3.8) is 0 Å². The molecule has 0 atom stereocenters. The summed E-state index contributed by atoms with van der Waals surface area (Å²) in [6.07, 6.45) is -4.59. The Hall–Kier alpha value is -4.22. The number of nitrogens with one attached hydrogen (secondary N) is 1. The highest BCUT2D eigenvalue weighted by molar-refractivity contribution is 5.77. The van der Waals surface area contributed by atoms with Crippen molar-refractivity contribution in [2.24, 2.45) is 0 Å². The first-order valence-corrected chi connectivity index (χ1v) is 9.98. The molecule has 0 saturated heterocycles. The molecule has 12 heteroatoms. The van der Waals surface area contributed by atoms with E-state index in [1.807, 2.05) is 0 Å². The summed E-state index contributed by atoms with van der Waals surface area (Å²) in [4.78, 5) is 11.9. The molecule has 34 heavy (non-hydrogen) atoms. The predicted octanol–water partition coefficient (Wildman–Crippen LogP) is 3.52. The maximum Gasteiger partial charge on any atom is 0.419 e. The highest BCUT2D eigenvalue weighted by Gasteiger charge is 2.34. The van der Waals surface area contributed by atoms with Crippen LogP contribution in [0.1, 0.15) is 5.56 Å². The van der Waals surface area contributed by atoms with Crippen LogP contribution in [0.4, 0.5) is 17.6 Å². The van der Waals surface area contributed by atoms with E-state index in [-0.39, 0.29) is 24.8 Å². The van der Waals surface area contributed by atoms with Crippen molar-refractivity contribution >= 4 is 11.6 Å². The van der Waals surface area contributed by atoms with Crippen LogP contribution in [0.15, 0.2) is 60.7 Å². The lowest BCUT2D eigenvalue weighted by Crippen LogP contribution is -2.32. The van der Waals surface area contributed by atoms with Gasteiger partial charge in [0.25, 0.3) is 5.91 Å². The second-order valence-corrected chi connectivity index (χ2v) is 6.95. The van der Waals surface area contributed by atoms with E-state index in [2.05, 4.69) is 20.6 Å². The average Bonchev–Trinajstić information content (AvgIpc) is 3.24. The number of alkyl halides is 3. The highest BCUT2D eigenvalue weighted by Crippen LogP contribution is 2.35. The van der Waals surface area contributed by atoms with Crippen LogP contribution in [0, 0.1) is 5.82 Å². The summed E-state index contributed by atoms with van der Waals surface area (Å²) in [7, 11) is 0. The molecule has 2 aromatic heterocycles. The normalized spacial score (nSPS) is 11.4. The SMILES string of the molecule is O=C(COc1ccccc1C(F)(F)F)NCCOc1ccc2nnc(-c3ccc(F)cc3)n2n1. The predicted molar refractivity (Wildman–Crippen MR) is 112 cm³/mol. The van der Waals surface area contributed by atoms with Gasteiger partial charge >= 0.3 is 6.18 Å². The molecule has 1 N–H and O–H groups in total. The highest BCUT2D eigenvalue weighted by atomic mass is 19.4. The molecular formula is C22H17F4N5O3. The Morgan fingerprint density at radius 3 is 2.50 bits per heavy atom. The Morgan fingerprint density at radius 1 is 0.971 bits per heavy atom. The van der Waals surface area contributed by atoms with Crippen molar-refractivity contribution < 1.29 is 31.8 Å². The second kappa shape index (κ2) is 9.73. The van der Waals surface area contributed by atoms with Crippen LogP contribution in [0.5, 0.6) is 11.6 Å². The molecule has 4 aromatic rings. The number of benzene rings is 2. The van der Waals surface area contributed by atoms with Crippen molar-refractivity contribution in [1.82, 2.24) is 25.1 Å². The molecule has 0 bridgehead atoms. The van der Waals surface area contributed by atoms with Gasteiger partial charge in [-0.25, -0.2) is 4.39 Å². The summed E-state index contributed by atoms with van der Waals surface area (Å²) in [5, 5.41) is 14.8. The Morgan fingerprint density at radius 2 is 1.74 bits per heavy atom. The molecule has 0 saturated carbocycles. The molecule has 0 aliphatic rings. The van der Waals surface area contributed by atoms with Gasteiger partial charge in [0, 0.05) is 11.6 Å². The number of nitrogens with zero attached hydrogens (tertiary/aromatic N) is 4. The Bertz CT molecular complexity index is 1290. The summed E-state index contributed by atoms with van der Waals surface area (Å²) in [6.45, 7) is -0.480. The standard InChI is InChI=1S/C22H17F4N5O3/c23-15-7-5-14(6-8-15)21-29-28-18-9-10-20(30-31(18)21)33-12-11-27-19(32)13-34-17-4-2-1-3-16(17)22(24,25)26/h1-10H,11-13H2,(H,27,32). The molecule has 0 spiro atoms. The van der Waals surface area contributed by atoms with Crippen molar-refractivity contribution in [3.8, 4) is 23.0 Å². The molecule has 0 aliphatic heterocycles. The molecule has 176 valence electrons. The minimum absolute atomic E-state index is 0.0391. The van der Waals surface area contributed by atoms with E-state index in [1.54, 1.807) is 24.3 Å². The lowest BCUT2D eigenvalue weighted by Gasteiger charge is -2.13. The lowest BCUT2D eigenvalue weighted by molar-refractivity contribution is -0.139. The van der Waals surface area contributed by atoms with Crippen LogP contribution in [0.2, 0.25) is 0 Å². The fourth-order valence-corrected chi connectivity index (χ4v) is 3.00. The monoisotopic (exact) mass is 475 g/mol. The van der Waals surface area contributed by atoms with Crippen LogP contribution in [0.25, 0.3) is 17.0 Å². The molecule has 2 aromatic carbocycles. The zero-order valence-corrected chi connectivity index (χ0v) is 17.4. The number of carbonyl (C=O) groups is 1. The van der Waals surface area contributed by atoms with Gasteiger partial charge in [0.05, 0.1) is 12.1 Å². The zero-order chi connectivity index (χ0) is 24.1. The van der Waals surface area contributed by atoms with Crippen molar-refractivity contribution in [1.29, 1.82) is 0 Å². The molecule has 0 fully saturated rings. The molecule has 2 heterocycles. The summed E-state index contributed by atoms with van der Waals surface area (Å²) in [5.41, 5.74) is 0.107. The van der Waals surface area contributed by atoms with Gasteiger partial charge in [0.2, 0.25) is 5.88 Å². The number of hydrogen-bond acceptors (Lipinski definition) is 6. The van der Waals surface area contributed by atoms with E-state index in [0.29, 0.717) is 17.0 Å². The third-order valence-electron chi connectivity index (χ3n) is 4.57. The number of hydrogen-bond donors (Lipinski definition) is 1. The van der Waals surface area contributed by atoms with Gasteiger partial charge in [-0.3, -0.25) is 4.79 Å². The number of rotatable bonds is 8. The zero-order valence-electron chi connectivity index (χ0n) is 17.4. The molecular weight excluding hydrogens is 458 g/mol. The fourth-order valence-electron chi connectivity index (χ4n) is 3.00. The second-order valence-electron chi connectivity index (χ2n) is 6.95. The third-order valence-corrected chi connectivity index (χ3v) is 4.57. The maximum absolute atomic E-state index is 13.2. The van der Waals surface area contributed by atoms with Gasteiger partial charge < -0.3 is 14.8 Å². The Kier molecular flexibility index (Phi) is 6.57. The number of halogens is 4. The number of amides is 1. The molecule has 8 nitrogen and oxygen atoms in total. The van der Waals surface area contributed by atoms with E-state index in [1.165, 1.54) is 28.8 Å². The molecule has 1 amide bonds. The minimum atomic E-state index is -4.59. The Balaban J connectivity index is 1.29. The van der Waals surface area contributed by atoms with Gasteiger partial charge in [-0.05, 0) is 42.5 Å². The molecule has 0 aliphatic carbocycles. The summed E-state index contributed by atoms with van der Waals surface area (Å²) in [6, 6.07) is 13.5. The fraction of sp³-hybridized carbons (Fsp3) is 0.182. The van der Waals surface area contributed by atoms with Crippen LogP contribution < -0.4 is 14.8 Å².